The lowest BCUT2D eigenvalue weighted by molar-refractivity contribution is 0.193. The van der Waals surface area contributed by atoms with Gasteiger partial charge in [-0.05, 0) is 43.8 Å². The topological polar surface area (TPSA) is 62.0 Å². The molecule has 0 bridgehead atoms. The van der Waals surface area contributed by atoms with Crippen molar-refractivity contribution in [3.8, 4) is 5.75 Å². The number of benzene rings is 1. The van der Waals surface area contributed by atoms with E-state index in [4.69, 9.17) is 9.15 Å². The van der Waals surface area contributed by atoms with Gasteiger partial charge >= 0.3 is 0 Å². The highest BCUT2D eigenvalue weighted by molar-refractivity contribution is 5.79. The zero-order chi connectivity index (χ0) is 19.6. The molecular formula is C21H32N4O2. The number of aryl methyl sites for hydroxylation is 1. The SMILES string of the molecule is CCN(CC)C(CNC(=NC)NCc1ccc(C)cc1OC)c1ccco1. The number of rotatable bonds is 9. The molecule has 0 aliphatic carbocycles. The Hall–Kier alpha value is -2.47. The van der Waals surface area contributed by atoms with Gasteiger partial charge in [0.2, 0.25) is 0 Å². The molecule has 1 aromatic carbocycles. The van der Waals surface area contributed by atoms with Crippen LogP contribution < -0.4 is 15.4 Å². The number of nitrogens with one attached hydrogen (secondary N) is 2. The van der Waals surface area contributed by atoms with Crippen LogP contribution in [0, 0.1) is 6.92 Å². The van der Waals surface area contributed by atoms with Gasteiger partial charge in [-0.15, -0.1) is 0 Å². The third-order valence-corrected chi connectivity index (χ3v) is 4.70. The molecule has 0 radical (unpaired) electrons. The number of hydrogen-bond donors (Lipinski definition) is 2. The first-order valence-corrected chi connectivity index (χ1v) is 9.48. The van der Waals surface area contributed by atoms with Crippen molar-refractivity contribution in [3.05, 3.63) is 53.5 Å². The van der Waals surface area contributed by atoms with Gasteiger partial charge in [0.1, 0.15) is 11.5 Å². The van der Waals surface area contributed by atoms with E-state index in [1.54, 1.807) is 20.4 Å². The van der Waals surface area contributed by atoms with Gasteiger partial charge in [-0.25, -0.2) is 0 Å². The van der Waals surface area contributed by atoms with Gasteiger partial charge in [0.25, 0.3) is 0 Å². The number of hydrogen-bond acceptors (Lipinski definition) is 4. The Balaban J connectivity index is 1.99. The minimum Gasteiger partial charge on any atom is -0.496 e. The van der Waals surface area contributed by atoms with Crippen LogP contribution in [0.15, 0.2) is 46.0 Å². The highest BCUT2D eigenvalue weighted by Crippen LogP contribution is 2.21. The molecule has 27 heavy (non-hydrogen) atoms. The first kappa shape index (κ1) is 20.8. The van der Waals surface area contributed by atoms with Gasteiger partial charge in [-0.2, -0.15) is 0 Å². The van der Waals surface area contributed by atoms with E-state index < -0.39 is 0 Å². The smallest absolute Gasteiger partial charge is 0.191 e. The fourth-order valence-corrected chi connectivity index (χ4v) is 3.15. The lowest BCUT2D eigenvalue weighted by Gasteiger charge is -2.28. The van der Waals surface area contributed by atoms with E-state index in [0.29, 0.717) is 13.1 Å². The van der Waals surface area contributed by atoms with Gasteiger partial charge < -0.3 is 19.8 Å². The molecule has 6 nitrogen and oxygen atoms in total. The number of furan rings is 1. The second-order valence-electron chi connectivity index (χ2n) is 6.37. The van der Waals surface area contributed by atoms with E-state index in [2.05, 4.69) is 53.4 Å². The Bertz CT molecular complexity index is 709. The Morgan fingerprint density at radius 1 is 1.22 bits per heavy atom. The van der Waals surface area contributed by atoms with Gasteiger partial charge in [0.05, 0.1) is 19.4 Å². The van der Waals surface area contributed by atoms with Crippen molar-refractivity contribution in [2.45, 2.75) is 33.4 Å². The maximum absolute atomic E-state index is 5.66. The van der Waals surface area contributed by atoms with Crippen molar-refractivity contribution in [3.63, 3.8) is 0 Å². The predicted molar refractivity (Wildman–Crippen MR) is 110 cm³/mol. The molecule has 1 heterocycles. The Labute approximate surface area is 162 Å². The summed E-state index contributed by atoms with van der Waals surface area (Å²) in [6.07, 6.45) is 1.72. The molecule has 6 heteroatoms. The van der Waals surface area contributed by atoms with E-state index in [0.717, 1.165) is 36.1 Å². The summed E-state index contributed by atoms with van der Waals surface area (Å²) in [5.74, 6) is 2.60. The summed E-state index contributed by atoms with van der Waals surface area (Å²) in [6.45, 7) is 9.64. The lowest BCUT2D eigenvalue weighted by atomic mass is 10.1. The molecule has 0 saturated carbocycles. The van der Waals surface area contributed by atoms with Crippen LogP contribution >= 0.6 is 0 Å². The maximum Gasteiger partial charge on any atom is 0.191 e. The van der Waals surface area contributed by atoms with Crippen LogP contribution in [0.5, 0.6) is 5.75 Å². The fraction of sp³-hybridized carbons (Fsp3) is 0.476. The summed E-state index contributed by atoms with van der Waals surface area (Å²) in [5.41, 5.74) is 2.27. The molecule has 1 aromatic heterocycles. The molecule has 148 valence electrons. The first-order valence-electron chi connectivity index (χ1n) is 9.48. The molecule has 1 unspecified atom stereocenters. The molecule has 0 saturated heterocycles. The Kier molecular flexibility index (Phi) is 8.20. The van der Waals surface area contributed by atoms with E-state index in [1.807, 2.05) is 18.2 Å². The van der Waals surface area contributed by atoms with Crippen LogP contribution in [0.3, 0.4) is 0 Å². The van der Waals surface area contributed by atoms with Crippen molar-refractivity contribution in [2.75, 3.05) is 33.8 Å². The van der Waals surface area contributed by atoms with Gasteiger partial charge in [-0.1, -0.05) is 26.0 Å². The van der Waals surface area contributed by atoms with Crippen LogP contribution in [0.4, 0.5) is 0 Å². The molecule has 0 aliphatic rings. The summed E-state index contributed by atoms with van der Waals surface area (Å²) in [7, 11) is 3.48. The molecule has 2 N–H and O–H groups in total. The van der Waals surface area contributed by atoms with Gasteiger partial charge in [0.15, 0.2) is 5.96 Å². The van der Waals surface area contributed by atoms with Crippen LogP contribution in [-0.2, 0) is 6.54 Å². The molecule has 1 atom stereocenters. The summed E-state index contributed by atoms with van der Waals surface area (Å²) >= 11 is 0. The highest BCUT2D eigenvalue weighted by Gasteiger charge is 2.20. The van der Waals surface area contributed by atoms with Gasteiger partial charge in [0, 0.05) is 25.7 Å². The van der Waals surface area contributed by atoms with E-state index in [1.165, 1.54) is 5.56 Å². The first-order chi connectivity index (χ1) is 13.1. The van der Waals surface area contributed by atoms with Crippen LogP contribution in [0.25, 0.3) is 0 Å². The molecule has 2 aromatic rings. The predicted octanol–water partition coefficient (Wildman–Crippen LogP) is 3.34. The number of aliphatic imine (C=N–C) groups is 1. The largest absolute Gasteiger partial charge is 0.496 e. The molecular weight excluding hydrogens is 340 g/mol. The zero-order valence-electron chi connectivity index (χ0n) is 17.1. The van der Waals surface area contributed by atoms with E-state index in [9.17, 15) is 0 Å². The molecule has 2 rings (SSSR count). The van der Waals surface area contributed by atoms with Crippen LogP contribution in [-0.4, -0.2) is 44.7 Å². The minimum atomic E-state index is 0.155. The normalized spacial score (nSPS) is 12.9. The third kappa shape index (κ3) is 5.76. The van der Waals surface area contributed by atoms with Crippen molar-refractivity contribution in [1.82, 2.24) is 15.5 Å². The maximum atomic E-state index is 5.66. The van der Waals surface area contributed by atoms with Gasteiger partial charge in [-0.3, -0.25) is 9.89 Å². The lowest BCUT2D eigenvalue weighted by Crippen LogP contribution is -2.43. The molecule has 0 amide bonds. The van der Waals surface area contributed by atoms with Crippen LogP contribution in [0.2, 0.25) is 0 Å². The van der Waals surface area contributed by atoms with E-state index in [-0.39, 0.29) is 6.04 Å². The van der Waals surface area contributed by atoms with Crippen molar-refractivity contribution >= 4 is 5.96 Å². The number of likely N-dealkylation sites (N-methyl/N-ethyl adjacent to an activating group) is 1. The summed E-state index contributed by atoms with van der Waals surface area (Å²) in [5, 5.41) is 6.79. The molecule has 0 spiro atoms. The van der Waals surface area contributed by atoms with Crippen LogP contribution in [0.1, 0.15) is 36.8 Å². The summed E-state index contributed by atoms with van der Waals surface area (Å²) in [4.78, 5) is 6.71. The average Bonchev–Trinajstić information content (AvgIpc) is 3.22. The quantitative estimate of drug-likeness (QED) is 0.522. The Morgan fingerprint density at radius 2 is 2.00 bits per heavy atom. The number of methoxy groups -OCH3 is 1. The van der Waals surface area contributed by atoms with Crippen molar-refractivity contribution in [1.29, 1.82) is 0 Å². The monoisotopic (exact) mass is 372 g/mol. The Morgan fingerprint density at radius 3 is 2.59 bits per heavy atom. The average molecular weight is 373 g/mol. The molecule has 0 aliphatic heterocycles. The highest BCUT2D eigenvalue weighted by atomic mass is 16.5. The third-order valence-electron chi connectivity index (χ3n) is 4.70. The fourth-order valence-electron chi connectivity index (χ4n) is 3.15. The summed E-state index contributed by atoms with van der Waals surface area (Å²) in [6, 6.07) is 10.3. The number of ether oxygens (including phenoxy) is 1. The number of nitrogens with zero attached hydrogens (tertiary/aromatic N) is 2. The second-order valence-corrected chi connectivity index (χ2v) is 6.37. The number of guanidine groups is 1. The standard InChI is InChI=1S/C21H32N4O2/c1-6-25(7-2)18(19-9-8-12-27-19)15-24-21(22-4)23-14-17-11-10-16(3)13-20(17)26-5/h8-13,18H,6-7,14-15H2,1-5H3,(H2,22,23,24). The second kappa shape index (κ2) is 10.6. The van der Waals surface area contributed by atoms with E-state index >= 15 is 0 Å². The summed E-state index contributed by atoms with van der Waals surface area (Å²) < 4.78 is 11.1. The van der Waals surface area contributed by atoms with Crippen molar-refractivity contribution in [2.24, 2.45) is 4.99 Å². The zero-order valence-corrected chi connectivity index (χ0v) is 17.1. The van der Waals surface area contributed by atoms with Crippen molar-refractivity contribution < 1.29 is 9.15 Å². The molecule has 0 fully saturated rings. The minimum absolute atomic E-state index is 0.155.